The second-order valence-electron chi connectivity index (χ2n) is 3.09. The van der Waals surface area contributed by atoms with Crippen molar-refractivity contribution in [3.05, 3.63) is 29.5 Å². The maximum atomic E-state index is 5.37. The van der Waals surface area contributed by atoms with Gasteiger partial charge < -0.3 is 4.42 Å². The quantitative estimate of drug-likeness (QED) is 0.565. The lowest BCUT2D eigenvalue weighted by molar-refractivity contribution is 0.613. The van der Waals surface area contributed by atoms with Crippen LogP contribution < -0.4 is 5.30 Å². The lowest BCUT2D eigenvalue weighted by Gasteiger charge is -2.02. The van der Waals surface area contributed by atoms with Crippen LogP contribution in [0, 0.1) is 13.8 Å². The van der Waals surface area contributed by atoms with Crippen LogP contribution in [0.15, 0.2) is 22.8 Å². The summed E-state index contributed by atoms with van der Waals surface area (Å²) in [6.07, 6.45) is 1.74. The summed E-state index contributed by atoms with van der Waals surface area (Å²) in [6.45, 7) is 4.19. The van der Waals surface area contributed by atoms with Crippen LogP contribution in [0.4, 0.5) is 0 Å². The highest BCUT2D eigenvalue weighted by atomic mass is 31.0. The SMILES string of the molecule is Cc1cc(C)c2occc2c1P. The highest BCUT2D eigenvalue weighted by molar-refractivity contribution is 7.28. The Morgan fingerprint density at radius 3 is 2.75 bits per heavy atom. The van der Waals surface area contributed by atoms with E-state index in [1.54, 1.807) is 6.26 Å². The summed E-state index contributed by atoms with van der Waals surface area (Å²) in [5.41, 5.74) is 3.51. The number of aryl methyl sites for hydroxylation is 2. The van der Waals surface area contributed by atoms with Gasteiger partial charge in [0.15, 0.2) is 0 Å². The molecule has 0 fully saturated rings. The first kappa shape index (κ1) is 7.82. The Morgan fingerprint density at radius 2 is 2.00 bits per heavy atom. The summed E-state index contributed by atoms with van der Waals surface area (Å²) in [7, 11) is 2.75. The van der Waals surface area contributed by atoms with Gasteiger partial charge in [-0.1, -0.05) is 6.07 Å². The molecule has 1 unspecified atom stereocenters. The van der Waals surface area contributed by atoms with Crippen LogP contribution in [-0.4, -0.2) is 0 Å². The number of rotatable bonds is 0. The van der Waals surface area contributed by atoms with Crippen molar-refractivity contribution < 1.29 is 4.42 Å². The number of hydrogen-bond acceptors (Lipinski definition) is 1. The van der Waals surface area contributed by atoms with Crippen LogP contribution in [0.2, 0.25) is 0 Å². The molecule has 2 rings (SSSR count). The highest BCUT2D eigenvalue weighted by Crippen LogP contribution is 2.21. The fourth-order valence-corrected chi connectivity index (χ4v) is 1.82. The number of furan rings is 1. The normalized spacial score (nSPS) is 10.9. The van der Waals surface area contributed by atoms with E-state index in [4.69, 9.17) is 4.42 Å². The van der Waals surface area contributed by atoms with Crippen LogP contribution in [0.5, 0.6) is 0 Å². The first-order valence-corrected chi connectivity index (χ1v) is 4.51. The molecule has 1 heterocycles. The number of hydrogen-bond donors (Lipinski definition) is 0. The van der Waals surface area contributed by atoms with Gasteiger partial charge in [-0.25, -0.2) is 0 Å². The van der Waals surface area contributed by atoms with Gasteiger partial charge in [-0.2, -0.15) is 0 Å². The van der Waals surface area contributed by atoms with E-state index in [0.29, 0.717) is 0 Å². The summed E-state index contributed by atoms with van der Waals surface area (Å²) >= 11 is 0. The van der Waals surface area contributed by atoms with Crippen LogP contribution >= 0.6 is 9.24 Å². The Bertz CT molecular complexity index is 429. The van der Waals surface area contributed by atoms with E-state index in [1.165, 1.54) is 21.8 Å². The Labute approximate surface area is 74.0 Å². The van der Waals surface area contributed by atoms with Gasteiger partial charge >= 0.3 is 0 Å². The topological polar surface area (TPSA) is 13.1 Å². The van der Waals surface area contributed by atoms with Gasteiger partial charge in [0.05, 0.1) is 6.26 Å². The van der Waals surface area contributed by atoms with Crippen LogP contribution in [0.25, 0.3) is 11.0 Å². The van der Waals surface area contributed by atoms with E-state index in [9.17, 15) is 0 Å². The van der Waals surface area contributed by atoms with E-state index in [0.717, 1.165) is 5.58 Å². The molecule has 0 bridgehead atoms. The molecule has 1 nitrogen and oxygen atoms in total. The van der Waals surface area contributed by atoms with Crippen molar-refractivity contribution in [2.75, 3.05) is 0 Å². The molecule has 0 aliphatic rings. The molecule has 0 saturated carbocycles. The molecule has 2 aromatic rings. The first-order chi connectivity index (χ1) is 5.70. The van der Waals surface area contributed by atoms with Gasteiger partial charge in [0.2, 0.25) is 0 Å². The molecule has 0 radical (unpaired) electrons. The predicted molar refractivity (Wildman–Crippen MR) is 55.0 cm³/mol. The molecule has 62 valence electrons. The Kier molecular flexibility index (Phi) is 1.69. The zero-order valence-corrected chi connectivity index (χ0v) is 8.37. The Balaban J connectivity index is 2.97. The molecule has 0 saturated heterocycles. The molecule has 1 aromatic heterocycles. The van der Waals surface area contributed by atoms with Crippen molar-refractivity contribution >= 4 is 25.5 Å². The predicted octanol–water partition coefficient (Wildman–Crippen LogP) is 2.55. The Morgan fingerprint density at radius 1 is 1.25 bits per heavy atom. The van der Waals surface area contributed by atoms with Crippen molar-refractivity contribution in [1.82, 2.24) is 0 Å². The molecule has 0 aliphatic heterocycles. The summed E-state index contributed by atoms with van der Waals surface area (Å²) in [6, 6.07) is 4.16. The largest absolute Gasteiger partial charge is 0.464 e. The van der Waals surface area contributed by atoms with Gasteiger partial charge in [-0.3, -0.25) is 0 Å². The fourth-order valence-electron chi connectivity index (χ4n) is 1.51. The molecular weight excluding hydrogens is 167 g/mol. The third-order valence-electron chi connectivity index (χ3n) is 2.17. The lowest BCUT2D eigenvalue weighted by atomic mass is 10.1. The third-order valence-corrected chi connectivity index (χ3v) is 2.94. The smallest absolute Gasteiger partial charge is 0.137 e. The van der Waals surface area contributed by atoms with Crippen molar-refractivity contribution in [2.45, 2.75) is 13.8 Å². The van der Waals surface area contributed by atoms with Gasteiger partial charge in [0.25, 0.3) is 0 Å². The summed E-state index contributed by atoms with van der Waals surface area (Å²) in [4.78, 5) is 0. The maximum Gasteiger partial charge on any atom is 0.137 e. The fraction of sp³-hybridized carbons (Fsp3) is 0.200. The van der Waals surface area contributed by atoms with Gasteiger partial charge in [-0.15, -0.1) is 9.24 Å². The average Bonchev–Trinajstić information content (AvgIpc) is 2.48. The molecule has 1 aromatic carbocycles. The minimum absolute atomic E-state index is 1.01. The second kappa shape index (κ2) is 2.60. The second-order valence-corrected chi connectivity index (χ2v) is 3.66. The van der Waals surface area contributed by atoms with Gasteiger partial charge in [0.1, 0.15) is 5.58 Å². The molecule has 0 spiro atoms. The van der Waals surface area contributed by atoms with Crippen molar-refractivity contribution in [2.24, 2.45) is 0 Å². The number of fused-ring (bicyclic) bond motifs is 1. The zero-order chi connectivity index (χ0) is 8.72. The minimum Gasteiger partial charge on any atom is -0.464 e. The standard InChI is InChI=1S/C10H11OP/c1-6-5-7(2)10(12)8-3-4-11-9(6)8/h3-5H,12H2,1-2H3. The first-order valence-electron chi connectivity index (χ1n) is 3.93. The van der Waals surface area contributed by atoms with E-state index in [2.05, 4.69) is 29.2 Å². The van der Waals surface area contributed by atoms with E-state index < -0.39 is 0 Å². The highest BCUT2D eigenvalue weighted by Gasteiger charge is 2.05. The maximum absolute atomic E-state index is 5.37. The van der Waals surface area contributed by atoms with Gasteiger partial charge in [0, 0.05) is 5.39 Å². The Hall–Kier alpha value is -0.810. The molecule has 0 aliphatic carbocycles. The van der Waals surface area contributed by atoms with E-state index in [-0.39, 0.29) is 0 Å². The van der Waals surface area contributed by atoms with Crippen molar-refractivity contribution in [3.8, 4) is 0 Å². The van der Waals surface area contributed by atoms with Crippen LogP contribution in [0.3, 0.4) is 0 Å². The summed E-state index contributed by atoms with van der Waals surface area (Å²) in [5.74, 6) is 0. The van der Waals surface area contributed by atoms with Crippen LogP contribution in [0.1, 0.15) is 11.1 Å². The minimum atomic E-state index is 1.01. The van der Waals surface area contributed by atoms with Crippen LogP contribution in [-0.2, 0) is 0 Å². The number of benzene rings is 1. The van der Waals surface area contributed by atoms with E-state index in [1.807, 2.05) is 6.07 Å². The lowest BCUT2D eigenvalue weighted by Crippen LogP contribution is -1.98. The molecule has 1 atom stereocenters. The molecular formula is C10H11OP. The van der Waals surface area contributed by atoms with Crippen molar-refractivity contribution in [1.29, 1.82) is 0 Å². The summed E-state index contributed by atoms with van der Waals surface area (Å²) in [5, 5.41) is 2.45. The third kappa shape index (κ3) is 0.971. The average molecular weight is 178 g/mol. The van der Waals surface area contributed by atoms with Crippen molar-refractivity contribution in [3.63, 3.8) is 0 Å². The van der Waals surface area contributed by atoms with E-state index >= 15 is 0 Å². The monoisotopic (exact) mass is 178 g/mol. The molecule has 2 heteroatoms. The molecule has 0 N–H and O–H groups in total. The molecule has 12 heavy (non-hydrogen) atoms. The van der Waals surface area contributed by atoms with Gasteiger partial charge in [-0.05, 0) is 36.3 Å². The summed E-state index contributed by atoms with van der Waals surface area (Å²) < 4.78 is 5.37. The molecule has 0 amide bonds. The zero-order valence-electron chi connectivity index (χ0n) is 7.22.